The van der Waals surface area contributed by atoms with E-state index in [1.165, 1.54) is 0 Å². The molecular formula is C26H24ClN3O3. The molecule has 6 nitrogen and oxygen atoms in total. The first-order valence-corrected chi connectivity index (χ1v) is 11.4. The molecule has 2 heterocycles. The van der Waals surface area contributed by atoms with Crippen molar-refractivity contribution in [2.75, 3.05) is 16.8 Å². The second-order valence-corrected chi connectivity index (χ2v) is 8.70. The van der Waals surface area contributed by atoms with Gasteiger partial charge in [0.1, 0.15) is 11.8 Å². The predicted octanol–water partition coefficient (Wildman–Crippen LogP) is 5.23. The van der Waals surface area contributed by atoms with Gasteiger partial charge < -0.3 is 20.0 Å². The molecule has 0 fully saturated rings. The van der Waals surface area contributed by atoms with Gasteiger partial charge in [0.25, 0.3) is 0 Å². The number of nitrogens with zero attached hydrogens (tertiary/aromatic N) is 1. The zero-order chi connectivity index (χ0) is 22.8. The fourth-order valence-corrected chi connectivity index (χ4v) is 4.66. The number of halogens is 1. The van der Waals surface area contributed by atoms with Gasteiger partial charge in [0.2, 0.25) is 5.91 Å². The van der Waals surface area contributed by atoms with Crippen LogP contribution in [0.1, 0.15) is 36.6 Å². The highest BCUT2D eigenvalue weighted by molar-refractivity contribution is 6.30. The van der Waals surface area contributed by atoms with Gasteiger partial charge in [-0.25, -0.2) is 0 Å². The Morgan fingerprint density at radius 1 is 1.09 bits per heavy atom. The average Bonchev–Trinajstić information content (AvgIpc) is 3.30. The molecule has 0 bridgehead atoms. The van der Waals surface area contributed by atoms with Crippen molar-refractivity contribution in [3.8, 4) is 0 Å². The number of furan rings is 1. The molecule has 0 unspecified atom stereocenters. The number of nitrogens with one attached hydrogen (secondary N) is 2. The number of amides is 1. The molecule has 33 heavy (non-hydrogen) atoms. The number of benzene rings is 2. The van der Waals surface area contributed by atoms with Gasteiger partial charge in [-0.3, -0.25) is 9.59 Å². The summed E-state index contributed by atoms with van der Waals surface area (Å²) in [7, 11) is 0. The van der Waals surface area contributed by atoms with Crippen LogP contribution in [-0.2, 0) is 16.1 Å². The van der Waals surface area contributed by atoms with Crippen molar-refractivity contribution in [2.24, 2.45) is 0 Å². The fourth-order valence-electron chi connectivity index (χ4n) is 4.53. The van der Waals surface area contributed by atoms with Crippen molar-refractivity contribution in [1.29, 1.82) is 0 Å². The number of fused-ring (bicyclic) bond motifs is 1. The molecule has 0 saturated heterocycles. The molecule has 168 valence electrons. The molecule has 1 aliphatic carbocycles. The Balaban J connectivity index is 1.50. The van der Waals surface area contributed by atoms with Gasteiger partial charge in [0, 0.05) is 29.3 Å². The van der Waals surface area contributed by atoms with E-state index >= 15 is 0 Å². The molecule has 3 aromatic rings. The molecule has 0 spiro atoms. The largest absolute Gasteiger partial charge is 0.467 e. The second kappa shape index (κ2) is 9.16. The molecular weight excluding hydrogens is 438 g/mol. The van der Waals surface area contributed by atoms with Crippen LogP contribution in [0.15, 0.2) is 82.6 Å². The SMILES string of the molecule is O=C(CN1c2ccccc2NC2=C(C(=O)CCC2)[C@H]1c1ccco1)NCc1ccc(Cl)cc1. The van der Waals surface area contributed by atoms with E-state index in [2.05, 4.69) is 10.6 Å². The third-order valence-electron chi connectivity index (χ3n) is 6.07. The Hall–Kier alpha value is -3.51. The number of carbonyl (C=O) groups excluding carboxylic acids is 2. The molecule has 1 aromatic heterocycles. The minimum absolute atomic E-state index is 0.0711. The Bertz CT molecular complexity index is 1200. The van der Waals surface area contributed by atoms with Crippen LogP contribution in [0.3, 0.4) is 0 Å². The molecule has 2 N–H and O–H groups in total. The third kappa shape index (κ3) is 4.39. The van der Waals surface area contributed by atoms with Crippen LogP contribution in [-0.4, -0.2) is 18.2 Å². The topological polar surface area (TPSA) is 74.6 Å². The number of para-hydroxylation sites is 2. The molecule has 1 aliphatic heterocycles. The van der Waals surface area contributed by atoms with Crippen molar-refractivity contribution < 1.29 is 14.0 Å². The van der Waals surface area contributed by atoms with Crippen molar-refractivity contribution >= 4 is 34.7 Å². The number of allylic oxidation sites excluding steroid dienone is 1. The Labute approximate surface area is 197 Å². The van der Waals surface area contributed by atoms with Gasteiger partial charge in [0.05, 0.1) is 24.2 Å². The zero-order valence-electron chi connectivity index (χ0n) is 18.0. The van der Waals surface area contributed by atoms with Crippen LogP contribution in [0.2, 0.25) is 5.02 Å². The van der Waals surface area contributed by atoms with Crippen molar-refractivity contribution in [3.63, 3.8) is 0 Å². The highest BCUT2D eigenvalue weighted by atomic mass is 35.5. The maximum atomic E-state index is 13.1. The van der Waals surface area contributed by atoms with E-state index in [4.69, 9.17) is 16.0 Å². The maximum Gasteiger partial charge on any atom is 0.239 e. The molecule has 5 rings (SSSR count). The van der Waals surface area contributed by atoms with Crippen LogP contribution in [0.5, 0.6) is 0 Å². The third-order valence-corrected chi connectivity index (χ3v) is 6.32. The fraction of sp³-hybridized carbons (Fsp3) is 0.231. The summed E-state index contributed by atoms with van der Waals surface area (Å²) in [4.78, 5) is 28.2. The lowest BCUT2D eigenvalue weighted by atomic mass is 9.88. The van der Waals surface area contributed by atoms with E-state index in [0.717, 1.165) is 35.5 Å². The summed E-state index contributed by atoms with van der Waals surface area (Å²) in [6.45, 7) is 0.462. The summed E-state index contributed by atoms with van der Waals surface area (Å²) in [5.74, 6) is 0.579. The summed E-state index contributed by atoms with van der Waals surface area (Å²) in [5, 5.41) is 7.13. The first-order valence-electron chi connectivity index (χ1n) is 11.0. The van der Waals surface area contributed by atoms with Crippen LogP contribution in [0.4, 0.5) is 11.4 Å². The zero-order valence-corrected chi connectivity index (χ0v) is 18.8. The van der Waals surface area contributed by atoms with Crippen molar-refractivity contribution in [3.05, 3.63) is 94.5 Å². The molecule has 0 radical (unpaired) electrons. The summed E-state index contributed by atoms with van der Waals surface area (Å²) < 4.78 is 5.79. The summed E-state index contributed by atoms with van der Waals surface area (Å²) in [6, 6.07) is 18.4. The van der Waals surface area contributed by atoms with Gasteiger partial charge in [-0.2, -0.15) is 0 Å². The monoisotopic (exact) mass is 461 g/mol. The Morgan fingerprint density at radius 2 is 1.91 bits per heavy atom. The number of ketones is 1. The Kier molecular flexibility index (Phi) is 5.92. The minimum Gasteiger partial charge on any atom is -0.467 e. The number of Topliss-reactive ketones (excluding diaryl/α,β-unsaturated/α-hetero) is 1. The molecule has 0 saturated carbocycles. The molecule has 7 heteroatoms. The van der Waals surface area contributed by atoms with Crippen LogP contribution >= 0.6 is 11.6 Å². The van der Waals surface area contributed by atoms with Crippen LogP contribution < -0.4 is 15.5 Å². The van der Waals surface area contributed by atoms with Crippen LogP contribution in [0.25, 0.3) is 0 Å². The summed E-state index contributed by atoms with van der Waals surface area (Å²) in [5.41, 5.74) is 4.27. The highest BCUT2D eigenvalue weighted by Crippen LogP contribution is 2.44. The smallest absolute Gasteiger partial charge is 0.239 e. The van der Waals surface area contributed by atoms with Gasteiger partial charge in [-0.05, 0) is 54.8 Å². The van der Waals surface area contributed by atoms with E-state index in [0.29, 0.717) is 29.3 Å². The lowest BCUT2D eigenvalue weighted by Crippen LogP contribution is -2.41. The van der Waals surface area contributed by atoms with Gasteiger partial charge in [-0.15, -0.1) is 0 Å². The molecule has 1 atom stereocenters. The lowest BCUT2D eigenvalue weighted by Gasteiger charge is -2.33. The maximum absolute atomic E-state index is 13.1. The van der Waals surface area contributed by atoms with Gasteiger partial charge in [-0.1, -0.05) is 35.9 Å². The van der Waals surface area contributed by atoms with Crippen LogP contribution in [0, 0.1) is 0 Å². The van der Waals surface area contributed by atoms with E-state index in [1.54, 1.807) is 18.4 Å². The van der Waals surface area contributed by atoms with E-state index in [9.17, 15) is 9.59 Å². The minimum atomic E-state index is -0.486. The predicted molar refractivity (Wildman–Crippen MR) is 128 cm³/mol. The lowest BCUT2D eigenvalue weighted by molar-refractivity contribution is -0.120. The summed E-state index contributed by atoms with van der Waals surface area (Å²) in [6.07, 6.45) is 3.68. The number of anilines is 2. The van der Waals surface area contributed by atoms with E-state index in [1.807, 2.05) is 53.4 Å². The molecule has 1 amide bonds. The Morgan fingerprint density at radius 3 is 2.70 bits per heavy atom. The normalized spacial score (nSPS) is 17.7. The number of hydrogen-bond acceptors (Lipinski definition) is 5. The first kappa shape index (κ1) is 21.3. The first-order chi connectivity index (χ1) is 16.1. The quantitative estimate of drug-likeness (QED) is 0.544. The molecule has 2 aromatic carbocycles. The van der Waals surface area contributed by atoms with Gasteiger partial charge >= 0.3 is 0 Å². The van der Waals surface area contributed by atoms with Gasteiger partial charge in [0.15, 0.2) is 5.78 Å². The van der Waals surface area contributed by atoms with Crippen molar-refractivity contribution in [2.45, 2.75) is 31.8 Å². The number of rotatable bonds is 5. The number of hydrogen-bond donors (Lipinski definition) is 2. The average molecular weight is 462 g/mol. The summed E-state index contributed by atoms with van der Waals surface area (Å²) >= 11 is 5.96. The molecule has 2 aliphatic rings. The van der Waals surface area contributed by atoms with E-state index < -0.39 is 6.04 Å². The van der Waals surface area contributed by atoms with Crippen molar-refractivity contribution in [1.82, 2.24) is 5.32 Å². The number of carbonyl (C=O) groups is 2. The van der Waals surface area contributed by atoms with E-state index in [-0.39, 0.29) is 18.2 Å². The highest BCUT2D eigenvalue weighted by Gasteiger charge is 2.38. The second-order valence-electron chi connectivity index (χ2n) is 8.26. The standard InChI is InChI=1S/C26H24ClN3O3/c27-18-12-10-17(11-13-18)15-28-24(32)16-30-21-7-2-1-5-19(21)29-20-6-3-8-22(31)25(20)26(30)23-9-4-14-33-23/h1-2,4-5,7,9-14,26,29H,3,6,8,15-16H2,(H,28,32)/t26-/m1/s1.